The zero-order valence-electron chi connectivity index (χ0n) is 73.6. The molecule has 6 aliphatic rings. The second-order valence-electron chi connectivity index (χ2n) is 36.5. The minimum atomic E-state index is -4.49. The number of carboxylic acids is 1. The van der Waals surface area contributed by atoms with Crippen molar-refractivity contribution in [3.8, 4) is 45.8 Å². The van der Waals surface area contributed by atoms with E-state index < -0.39 is 164 Å². The molecule has 4 saturated carbocycles. The van der Waals surface area contributed by atoms with Gasteiger partial charge in [0.1, 0.15) is 101 Å². The Balaban J connectivity index is 0.000000247. The second-order valence-corrected chi connectivity index (χ2v) is 41.6. The number of carbonyl (C=O) groups excluding carboxylic acids is 8. The molecule has 690 valence electrons. The number of ether oxygens (including phenoxy) is 8. The molecule has 4 aliphatic carbocycles. The van der Waals surface area contributed by atoms with Crippen molar-refractivity contribution in [1.29, 1.82) is 0 Å². The molecule has 10 N–H and O–H groups in total. The van der Waals surface area contributed by atoms with Crippen LogP contribution >= 0.6 is 37.9 Å². The molecule has 40 heteroatoms. The van der Waals surface area contributed by atoms with Gasteiger partial charge in [-0.15, -0.1) is 35.8 Å². The summed E-state index contributed by atoms with van der Waals surface area (Å²) in [6.45, 7) is 33.7. The van der Waals surface area contributed by atoms with Gasteiger partial charge < -0.3 is 99.4 Å². The molecule has 127 heavy (non-hydrogen) atoms. The lowest BCUT2D eigenvalue weighted by Crippen LogP contribution is -2.59. The van der Waals surface area contributed by atoms with Crippen molar-refractivity contribution in [3.05, 3.63) is 97.3 Å². The van der Waals surface area contributed by atoms with Crippen LogP contribution in [0.5, 0.6) is 23.0 Å². The average molecular weight is 1840 g/mol. The monoisotopic (exact) mass is 1840 g/mol. The molecule has 4 aromatic heterocycles. The number of amides is 6. The van der Waals surface area contributed by atoms with Crippen LogP contribution in [0.15, 0.2) is 97.3 Å². The maximum atomic E-state index is 14.8. The second kappa shape index (κ2) is 40.1. The number of anilines is 2. The molecule has 2 aliphatic heterocycles. The highest BCUT2D eigenvalue weighted by Crippen LogP contribution is 2.49. The minimum Gasteiger partial charge on any atom is -0.488 e. The minimum absolute atomic E-state index is 0.000709. The van der Waals surface area contributed by atoms with Crippen LogP contribution in [-0.2, 0) is 66.2 Å². The highest BCUT2D eigenvalue weighted by atomic mass is 32.1. The summed E-state index contributed by atoms with van der Waals surface area (Å²) >= 11 is 2.76. The fraction of sp³-hybridized carbons (Fsp3) is 0.552. The molecule has 6 fully saturated rings. The summed E-state index contributed by atoms with van der Waals surface area (Å²) < 4.78 is 75.6. The highest BCUT2D eigenvalue weighted by Gasteiger charge is 2.63. The van der Waals surface area contributed by atoms with E-state index >= 15 is 0 Å². The number of likely N-dealkylation sites (tertiary alicyclic amines) is 2. The van der Waals surface area contributed by atoms with Gasteiger partial charge in [-0.05, 0) is 148 Å². The lowest BCUT2D eigenvalue weighted by Gasteiger charge is -2.35. The number of carboxylic acid groups (broad SMARTS) is 1. The third-order valence-corrected chi connectivity index (χ3v) is 25.2. The van der Waals surface area contributed by atoms with E-state index in [9.17, 15) is 72.1 Å². The predicted octanol–water partition coefficient (Wildman–Crippen LogP) is 12.8. The van der Waals surface area contributed by atoms with Crippen LogP contribution in [0.3, 0.4) is 0 Å². The van der Waals surface area contributed by atoms with Gasteiger partial charge in [-0.1, -0.05) is 66.3 Å². The zero-order chi connectivity index (χ0) is 92.6. The fourth-order valence-corrected chi connectivity index (χ4v) is 18.0. The van der Waals surface area contributed by atoms with E-state index in [2.05, 4.69) is 51.6 Å². The Kier molecular flexibility index (Phi) is 30.7. The number of pyridine rings is 2. The van der Waals surface area contributed by atoms with Crippen LogP contribution in [0, 0.1) is 28.1 Å². The lowest BCUT2D eigenvalue weighted by molar-refractivity contribution is -0.160. The molecular formula is C87H116N12O24P2S2. The summed E-state index contributed by atoms with van der Waals surface area (Å²) in [5.74, 6) is -4.90. The predicted molar refractivity (Wildman–Crippen MR) is 474 cm³/mol. The van der Waals surface area contributed by atoms with Gasteiger partial charge in [-0.2, -0.15) is 0 Å². The van der Waals surface area contributed by atoms with Gasteiger partial charge >= 0.3 is 45.3 Å². The Morgan fingerprint density at radius 2 is 1.00 bits per heavy atom. The number of aliphatic carboxylic acids is 1. The number of rotatable bonds is 35. The van der Waals surface area contributed by atoms with E-state index in [1.807, 2.05) is 38.5 Å². The van der Waals surface area contributed by atoms with Crippen molar-refractivity contribution in [2.75, 3.05) is 49.8 Å². The summed E-state index contributed by atoms with van der Waals surface area (Å²) in [4.78, 5) is 174. The standard InChI is InChI=1S/C45H61N6O13PS.C42H55N6O11PS/c1-10-26-20-45(26,39(54)55)50-37(52)34-18-29(21-51(34)38(53)36(43(4,5)6)49-42(57)64-27-13-11-12-14-27)63-35-19-32(33-22-66-41(48-33)46-25(2)3)47-31-17-28(15-16-30(31)35)61-24-65(58,59)62-23-60-40(56)44(7,8)9;1-8-16-56-38(51)42(20-25(42)9-2)47-36(49)33-18-28(21-48(33)37(50)35(41(5,6)7)46-40(52)59-26-12-10-11-13-26)58-34-19-31(32-22-61-39(45-32)43-24(3)4)44-30-17-27(14-15-29(30)34)57-23-60(53,54)55/h10,15-17,19,22,25-27,29,34,36H,1,11-14,18,20-21,23-24H2,2-9H3,(H,46,48)(H,49,57)(H,50,52)(H,54,55)(H,58,59);8-9,14-15,17,19,22,24-26,28,33,35H,1-2,10-13,16,18,20-21,23H2,3-7H3,(H,43,45)(H,46,52)(H,47,49)(H2,53,54,55)/t26-,29-,34+,36-,45-;25-,28-,33+,35-,42-/m11/s1. The lowest BCUT2D eigenvalue weighted by atomic mass is 9.85. The first-order valence-electron chi connectivity index (χ1n) is 42.3. The number of carbonyl (C=O) groups is 9. The summed E-state index contributed by atoms with van der Waals surface area (Å²) in [7, 11) is -8.88. The molecule has 2 aromatic carbocycles. The molecule has 0 bridgehead atoms. The Bertz CT molecular complexity index is 5200. The van der Waals surface area contributed by atoms with E-state index in [1.165, 1.54) is 68.9 Å². The van der Waals surface area contributed by atoms with Crippen LogP contribution in [0.25, 0.3) is 44.6 Å². The van der Waals surface area contributed by atoms with Gasteiger partial charge in [0.15, 0.2) is 23.0 Å². The summed E-state index contributed by atoms with van der Waals surface area (Å²) in [5.41, 5.74) is -2.92. The SMILES string of the molecule is C=CCOC(=O)[C@@]1(NC(=O)[C@@H]2C[C@@H](Oc3cc(-c4csc(NC(C)C)n4)nc4cc(OCP(=O)(O)O)ccc34)CN2C(=O)[C@@H](NC(=O)OC2CCCC2)C(C)(C)C)C[C@H]1C=C.C=C[C@@H]1C[C@]1(NC(=O)[C@@H]1C[C@@H](Oc2cc(-c3csc(NC(C)C)n3)nc3cc(OCP(=O)(O)OCOC(=O)C(C)(C)C)ccc23)CN1C(=O)[C@@H](NC(=O)OC1CCCC1)C(C)(C)C)C(=O)O. The quantitative estimate of drug-likeness (QED) is 0.00581. The first-order chi connectivity index (χ1) is 59.7. The molecule has 12 rings (SSSR count). The maximum absolute atomic E-state index is 14.8. The van der Waals surface area contributed by atoms with E-state index in [1.54, 1.807) is 92.7 Å². The van der Waals surface area contributed by atoms with Crippen molar-refractivity contribution in [1.82, 2.24) is 51.0 Å². The van der Waals surface area contributed by atoms with Crippen LogP contribution in [-0.4, -0.2) is 214 Å². The Morgan fingerprint density at radius 1 is 0.575 bits per heavy atom. The third kappa shape index (κ3) is 25.0. The largest absolute Gasteiger partial charge is 0.488 e. The Hall–Kier alpha value is -10.3. The number of alkyl carbamates (subject to hydrolysis) is 2. The number of hydrogen-bond acceptors (Lipinski definition) is 28. The van der Waals surface area contributed by atoms with Gasteiger partial charge in [-0.3, -0.25) is 37.6 Å². The van der Waals surface area contributed by atoms with E-state index in [0.717, 1.165) is 51.4 Å². The summed E-state index contributed by atoms with van der Waals surface area (Å²) in [6, 6.07) is 8.41. The number of fused-ring (bicyclic) bond motifs is 2. The van der Waals surface area contributed by atoms with Crippen molar-refractivity contribution in [3.63, 3.8) is 0 Å². The molecule has 6 heterocycles. The molecule has 11 atom stereocenters. The summed E-state index contributed by atoms with van der Waals surface area (Å²) in [5, 5.41) is 33.8. The molecule has 0 spiro atoms. The van der Waals surface area contributed by atoms with E-state index in [4.69, 9.17) is 62.4 Å². The van der Waals surface area contributed by atoms with Crippen LogP contribution in [0.1, 0.15) is 167 Å². The van der Waals surface area contributed by atoms with Gasteiger partial charge in [0.2, 0.25) is 30.4 Å². The smallest absolute Gasteiger partial charge is 0.408 e. The van der Waals surface area contributed by atoms with Crippen molar-refractivity contribution < 1.29 is 114 Å². The summed E-state index contributed by atoms with van der Waals surface area (Å²) in [6.07, 6.45) is 6.28. The van der Waals surface area contributed by atoms with Crippen molar-refractivity contribution in [2.45, 2.75) is 239 Å². The van der Waals surface area contributed by atoms with Gasteiger partial charge in [0.25, 0.3) is 0 Å². The normalized spacial score (nSPS) is 22.2. The number of nitrogens with zero attached hydrogens (tertiary/aromatic N) is 6. The highest BCUT2D eigenvalue weighted by molar-refractivity contribution is 7.52. The number of thiazole rings is 2. The molecule has 6 amide bonds. The molecular weight excluding hydrogens is 1720 g/mol. The molecule has 0 radical (unpaired) electrons. The number of aromatic nitrogens is 4. The van der Waals surface area contributed by atoms with E-state index in [0.29, 0.717) is 66.3 Å². The molecule has 2 saturated heterocycles. The average Bonchev–Trinajstić information content (AvgIpc) is 1.58. The third-order valence-electron chi connectivity index (χ3n) is 22.3. The van der Waals surface area contributed by atoms with Crippen molar-refractivity contribution in [2.24, 2.45) is 28.1 Å². The van der Waals surface area contributed by atoms with Gasteiger partial charge in [0.05, 0.1) is 40.9 Å². The first-order valence-corrected chi connectivity index (χ1v) is 47.6. The topological polar surface area (TPSA) is 482 Å². The van der Waals surface area contributed by atoms with Crippen LogP contribution in [0.4, 0.5) is 19.9 Å². The Labute approximate surface area is 744 Å². The fourth-order valence-electron chi connectivity index (χ4n) is 15.4. The zero-order valence-corrected chi connectivity index (χ0v) is 77.1. The number of benzene rings is 2. The first kappa shape index (κ1) is 97.3. The number of nitrogens with one attached hydrogen (secondary N) is 6. The Morgan fingerprint density at radius 3 is 1.39 bits per heavy atom. The van der Waals surface area contributed by atoms with Crippen LogP contribution < -0.4 is 50.8 Å². The number of esters is 2. The molecule has 6 aromatic rings. The van der Waals surface area contributed by atoms with Gasteiger partial charge in [-0.25, -0.2) is 39.1 Å². The van der Waals surface area contributed by atoms with Gasteiger partial charge in [0, 0.05) is 82.6 Å². The number of hydrogen-bond donors (Lipinski definition) is 10. The van der Waals surface area contributed by atoms with E-state index in [-0.39, 0.29) is 81.2 Å². The molecule has 1 unspecified atom stereocenters. The maximum Gasteiger partial charge on any atom is 0.408 e. The van der Waals surface area contributed by atoms with Crippen LogP contribution in [0.2, 0.25) is 0 Å². The van der Waals surface area contributed by atoms with Crippen molar-refractivity contribution >= 4 is 124 Å². The molecule has 36 nitrogen and oxygen atoms in total.